The monoisotopic (exact) mass is 296 g/mol. The summed E-state index contributed by atoms with van der Waals surface area (Å²) >= 11 is 0. The van der Waals surface area contributed by atoms with Crippen LogP contribution in [0.2, 0.25) is 0 Å². The fourth-order valence-corrected chi connectivity index (χ4v) is 2.92. The fourth-order valence-electron chi connectivity index (χ4n) is 2.92. The van der Waals surface area contributed by atoms with E-state index < -0.39 is 0 Å². The first kappa shape index (κ1) is 13.2. The molecule has 6 heteroatoms. The fraction of sp³-hybridized carbons (Fsp3) is 0.312. The molecule has 1 unspecified atom stereocenters. The van der Waals surface area contributed by atoms with Gasteiger partial charge in [0.2, 0.25) is 0 Å². The van der Waals surface area contributed by atoms with Crippen LogP contribution in [0.1, 0.15) is 41.6 Å². The van der Waals surface area contributed by atoms with Crippen molar-refractivity contribution in [1.29, 1.82) is 0 Å². The number of fused-ring (bicyclic) bond motifs is 1. The summed E-state index contributed by atoms with van der Waals surface area (Å²) < 4.78 is 10.4. The molecule has 0 saturated carbocycles. The summed E-state index contributed by atoms with van der Waals surface area (Å²) in [6.07, 6.45) is 5.30. The average Bonchev–Trinajstić information content (AvgIpc) is 3.20. The van der Waals surface area contributed by atoms with Crippen molar-refractivity contribution in [2.24, 2.45) is 5.73 Å². The normalized spacial score (nSPS) is 17.4. The molecular formula is C16H16N4O2. The Morgan fingerprint density at radius 3 is 3.05 bits per heavy atom. The van der Waals surface area contributed by atoms with E-state index in [1.807, 2.05) is 6.07 Å². The van der Waals surface area contributed by atoms with Gasteiger partial charge in [-0.15, -0.1) is 0 Å². The van der Waals surface area contributed by atoms with Crippen LogP contribution in [-0.4, -0.2) is 15.3 Å². The molecule has 0 aliphatic heterocycles. The van der Waals surface area contributed by atoms with Gasteiger partial charge in [-0.3, -0.25) is 0 Å². The Labute approximate surface area is 127 Å². The molecule has 0 spiro atoms. The van der Waals surface area contributed by atoms with Gasteiger partial charge < -0.3 is 14.8 Å². The van der Waals surface area contributed by atoms with Crippen LogP contribution in [-0.2, 0) is 12.8 Å². The maximum atomic E-state index is 6.15. The summed E-state index contributed by atoms with van der Waals surface area (Å²) in [4.78, 5) is 4.43. The minimum Gasteiger partial charge on any atom is -0.361 e. The van der Waals surface area contributed by atoms with Crippen molar-refractivity contribution in [3.8, 4) is 11.5 Å². The van der Waals surface area contributed by atoms with E-state index in [1.165, 1.54) is 11.1 Å². The van der Waals surface area contributed by atoms with Gasteiger partial charge in [0.25, 0.3) is 5.89 Å². The predicted octanol–water partition coefficient (Wildman–Crippen LogP) is 2.65. The van der Waals surface area contributed by atoms with E-state index in [0.29, 0.717) is 23.9 Å². The molecule has 1 aliphatic rings. The number of aromatic nitrogens is 3. The highest BCUT2D eigenvalue weighted by atomic mass is 16.5. The number of nitrogens with two attached hydrogens (primary N) is 1. The summed E-state index contributed by atoms with van der Waals surface area (Å²) in [6, 6.07) is 8.11. The van der Waals surface area contributed by atoms with Crippen LogP contribution < -0.4 is 5.73 Å². The largest absolute Gasteiger partial charge is 0.361 e. The van der Waals surface area contributed by atoms with Gasteiger partial charge in [0.15, 0.2) is 5.82 Å². The molecule has 1 atom stereocenters. The molecule has 2 aromatic heterocycles. The van der Waals surface area contributed by atoms with E-state index in [-0.39, 0.29) is 6.04 Å². The van der Waals surface area contributed by atoms with Gasteiger partial charge in [0.05, 0.1) is 12.6 Å². The molecular weight excluding hydrogens is 280 g/mol. The summed E-state index contributed by atoms with van der Waals surface area (Å²) in [6.45, 7) is 0. The van der Waals surface area contributed by atoms with Crippen LogP contribution in [0.4, 0.5) is 0 Å². The number of hydrogen-bond acceptors (Lipinski definition) is 6. The molecule has 2 heterocycles. The van der Waals surface area contributed by atoms with Gasteiger partial charge in [-0.25, -0.2) is 0 Å². The zero-order valence-corrected chi connectivity index (χ0v) is 12.0. The second-order valence-electron chi connectivity index (χ2n) is 5.58. The zero-order chi connectivity index (χ0) is 14.9. The van der Waals surface area contributed by atoms with Crippen LogP contribution in [0.25, 0.3) is 11.5 Å². The van der Waals surface area contributed by atoms with Gasteiger partial charge in [-0.2, -0.15) is 4.98 Å². The quantitative estimate of drug-likeness (QED) is 0.799. The van der Waals surface area contributed by atoms with E-state index in [1.54, 1.807) is 12.3 Å². The lowest BCUT2D eigenvalue weighted by Gasteiger charge is -2.22. The van der Waals surface area contributed by atoms with Crippen LogP contribution in [0, 0.1) is 0 Å². The first-order chi connectivity index (χ1) is 10.8. The second kappa shape index (κ2) is 5.38. The summed E-state index contributed by atoms with van der Waals surface area (Å²) in [7, 11) is 0. The molecule has 3 aromatic rings. The lowest BCUT2D eigenvalue weighted by molar-refractivity contribution is 0.382. The van der Waals surface area contributed by atoms with E-state index in [0.717, 1.165) is 24.8 Å². The number of rotatable bonds is 3. The molecule has 4 rings (SSSR count). The van der Waals surface area contributed by atoms with Crippen molar-refractivity contribution in [2.75, 3.05) is 0 Å². The Morgan fingerprint density at radius 1 is 1.23 bits per heavy atom. The van der Waals surface area contributed by atoms with Gasteiger partial charge in [0, 0.05) is 17.7 Å². The number of aryl methyl sites for hydroxylation is 1. The van der Waals surface area contributed by atoms with Crippen LogP contribution >= 0.6 is 0 Å². The van der Waals surface area contributed by atoms with E-state index >= 15 is 0 Å². The van der Waals surface area contributed by atoms with Gasteiger partial charge in [-0.05, 0) is 42.5 Å². The van der Waals surface area contributed by atoms with Crippen molar-refractivity contribution < 1.29 is 9.05 Å². The van der Waals surface area contributed by atoms with E-state index in [9.17, 15) is 0 Å². The SMILES string of the molecule is NC1CCCc2cc(-c3nc(Cc4ccno4)no3)ccc21. The van der Waals surface area contributed by atoms with Crippen molar-refractivity contribution in [3.63, 3.8) is 0 Å². The van der Waals surface area contributed by atoms with Crippen LogP contribution in [0.5, 0.6) is 0 Å². The van der Waals surface area contributed by atoms with Crippen molar-refractivity contribution >= 4 is 0 Å². The third kappa shape index (κ3) is 2.42. The zero-order valence-electron chi connectivity index (χ0n) is 12.0. The molecule has 112 valence electrons. The van der Waals surface area contributed by atoms with Crippen molar-refractivity contribution in [3.05, 3.63) is 53.2 Å². The molecule has 1 aliphatic carbocycles. The van der Waals surface area contributed by atoms with E-state index in [4.69, 9.17) is 14.8 Å². The van der Waals surface area contributed by atoms with Gasteiger partial charge in [0.1, 0.15) is 5.76 Å². The molecule has 0 amide bonds. The average molecular weight is 296 g/mol. The molecule has 0 bridgehead atoms. The smallest absolute Gasteiger partial charge is 0.257 e. The Kier molecular flexibility index (Phi) is 3.23. The Bertz CT molecular complexity index is 779. The number of benzene rings is 1. The third-order valence-corrected chi connectivity index (χ3v) is 4.04. The minimum atomic E-state index is 0.141. The molecule has 22 heavy (non-hydrogen) atoms. The van der Waals surface area contributed by atoms with Crippen LogP contribution in [0.3, 0.4) is 0 Å². The highest BCUT2D eigenvalue weighted by molar-refractivity contribution is 5.56. The molecule has 2 N–H and O–H groups in total. The highest BCUT2D eigenvalue weighted by Crippen LogP contribution is 2.31. The lowest BCUT2D eigenvalue weighted by Crippen LogP contribution is -2.17. The topological polar surface area (TPSA) is 91.0 Å². The Balaban J connectivity index is 1.61. The summed E-state index contributed by atoms with van der Waals surface area (Å²) in [5.74, 6) is 1.82. The molecule has 0 saturated heterocycles. The standard InChI is InChI=1S/C16H16N4O2/c17-14-3-1-2-10-8-11(4-5-13(10)14)16-19-15(20-22-16)9-12-6-7-18-21-12/h4-8,14H,1-3,9,17H2. The second-order valence-corrected chi connectivity index (χ2v) is 5.58. The van der Waals surface area contributed by atoms with E-state index in [2.05, 4.69) is 27.4 Å². The molecule has 6 nitrogen and oxygen atoms in total. The maximum absolute atomic E-state index is 6.15. The summed E-state index contributed by atoms with van der Waals surface area (Å²) in [5.41, 5.74) is 9.60. The number of hydrogen-bond donors (Lipinski definition) is 1. The van der Waals surface area contributed by atoms with Crippen LogP contribution in [0.15, 0.2) is 39.5 Å². The Hall–Kier alpha value is -2.47. The van der Waals surface area contributed by atoms with Crippen molar-refractivity contribution in [1.82, 2.24) is 15.3 Å². The van der Waals surface area contributed by atoms with Gasteiger partial charge >= 0.3 is 0 Å². The summed E-state index contributed by atoms with van der Waals surface area (Å²) in [5, 5.41) is 7.66. The van der Waals surface area contributed by atoms with Crippen molar-refractivity contribution in [2.45, 2.75) is 31.7 Å². The molecule has 0 fully saturated rings. The molecule has 1 aromatic carbocycles. The highest BCUT2D eigenvalue weighted by Gasteiger charge is 2.18. The maximum Gasteiger partial charge on any atom is 0.257 e. The first-order valence-electron chi connectivity index (χ1n) is 7.40. The predicted molar refractivity (Wildman–Crippen MR) is 78.9 cm³/mol. The third-order valence-electron chi connectivity index (χ3n) is 4.04. The number of nitrogens with zero attached hydrogens (tertiary/aromatic N) is 3. The lowest BCUT2D eigenvalue weighted by atomic mass is 9.87. The first-order valence-corrected chi connectivity index (χ1v) is 7.40. The molecule has 0 radical (unpaired) electrons. The Morgan fingerprint density at radius 2 is 2.18 bits per heavy atom. The van der Waals surface area contributed by atoms with Gasteiger partial charge in [-0.1, -0.05) is 16.4 Å². The minimum absolute atomic E-state index is 0.141.